The van der Waals surface area contributed by atoms with Crippen molar-refractivity contribution in [3.05, 3.63) is 46.8 Å². The molecule has 7 heteroatoms. The fourth-order valence-corrected chi connectivity index (χ4v) is 4.23. The van der Waals surface area contributed by atoms with E-state index < -0.39 is 0 Å². The van der Waals surface area contributed by atoms with Gasteiger partial charge in [-0.1, -0.05) is 12.1 Å². The Labute approximate surface area is 184 Å². The van der Waals surface area contributed by atoms with E-state index in [1.165, 1.54) is 0 Å². The largest absolute Gasteiger partial charge is 0.492 e. The highest BCUT2D eigenvalue weighted by atomic mass is 16.5. The van der Waals surface area contributed by atoms with Crippen LogP contribution in [0.2, 0.25) is 0 Å². The summed E-state index contributed by atoms with van der Waals surface area (Å²) in [6.45, 7) is 13.4. The first kappa shape index (κ1) is 22.9. The van der Waals surface area contributed by atoms with Crippen LogP contribution in [-0.4, -0.2) is 67.1 Å². The molecule has 3 rings (SSSR count). The minimum Gasteiger partial charge on any atom is -0.492 e. The third kappa shape index (κ3) is 4.77. The van der Waals surface area contributed by atoms with E-state index in [-0.39, 0.29) is 17.8 Å². The van der Waals surface area contributed by atoms with E-state index in [0.717, 1.165) is 37.6 Å². The van der Waals surface area contributed by atoms with Gasteiger partial charge in [-0.25, -0.2) is 4.79 Å². The van der Waals surface area contributed by atoms with Gasteiger partial charge >= 0.3 is 5.97 Å². The number of rotatable bonds is 8. The normalized spacial score (nSPS) is 15.6. The Morgan fingerprint density at radius 1 is 1.06 bits per heavy atom. The predicted octanol–water partition coefficient (Wildman–Crippen LogP) is 3.60. The fraction of sp³-hybridized carbons (Fsp3) is 0.500. The second-order valence-electron chi connectivity index (χ2n) is 7.81. The number of ketones is 1. The molecule has 1 aromatic heterocycles. The van der Waals surface area contributed by atoms with Crippen molar-refractivity contribution in [3.8, 4) is 5.75 Å². The lowest BCUT2D eigenvalue weighted by Crippen LogP contribution is -2.52. The number of anilines is 1. The molecule has 0 amide bonds. The first-order chi connectivity index (χ1) is 14.9. The number of esters is 1. The maximum absolute atomic E-state index is 13.2. The van der Waals surface area contributed by atoms with Crippen LogP contribution in [-0.2, 0) is 4.74 Å². The summed E-state index contributed by atoms with van der Waals surface area (Å²) < 4.78 is 10.9. The molecule has 1 N–H and O–H groups in total. The summed E-state index contributed by atoms with van der Waals surface area (Å²) in [6.07, 6.45) is 0. The Morgan fingerprint density at radius 3 is 2.39 bits per heavy atom. The number of carbonyl (C=O) groups excluding carboxylic acids is 2. The number of piperazine rings is 1. The van der Waals surface area contributed by atoms with Crippen LogP contribution in [0.25, 0.3) is 0 Å². The monoisotopic (exact) mass is 427 g/mol. The number of benzene rings is 1. The summed E-state index contributed by atoms with van der Waals surface area (Å²) >= 11 is 0. The minimum atomic E-state index is -0.387. The minimum absolute atomic E-state index is 0.000634. The lowest BCUT2D eigenvalue weighted by Gasteiger charge is -2.39. The molecule has 0 saturated carbocycles. The van der Waals surface area contributed by atoms with Crippen LogP contribution in [0, 0.1) is 13.8 Å². The number of nitrogens with one attached hydrogen (secondary N) is 1. The number of aryl methyl sites for hydroxylation is 1. The van der Waals surface area contributed by atoms with Crippen molar-refractivity contribution in [2.24, 2.45) is 0 Å². The van der Waals surface area contributed by atoms with Crippen molar-refractivity contribution in [3.63, 3.8) is 0 Å². The van der Waals surface area contributed by atoms with Gasteiger partial charge in [-0.15, -0.1) is 0 Å². The van der Waals surface area contributed by atoms with Crippen molar-refractivity contribution in [1.82, 2.24) is 9.88 Å². The van der Waals surface area contributed by atoms with Crippen LogP contribution < -0.4 is 9.64 Å². The van der Waals surface area contributed by atoms with E-state index in [1.807, 2.05) is 32.0 Å². The van der Waals surface area contributed by atoms with Gasteiger partial charge in [-0.2, -0.15) is 0 Å². The van der Waals surface area contributed by atoms with Gasteiger partial charge in [0, 0.05) is 31.9 Å². The second-order valence-corrected chi connectivity index (χ2v) is 7.81. The van der Waals surface area contributed by atoms with Crippen LogP contribution in [0.1, 0.15) is 52.9 Å². The Hall–Kier alpha value is -2.80. The highest BCUT2D eigenvalue weighted by Gasteiger charge is 2.30. The highest BCUT2D eigenvalue weighted by Crippen LogP contribution is 2.29. The summed E-state index contributed by atoms with van der Waals surface area (Å²) in [4.78, 5) is 33.1. The summed E-state index contributed by atoms with van der Waals surface area (Å²) in [5.41, 5.74) is 3.39. The lowest BCUT2D eigenvalue weighted by atomic mass is 10.0. The molecule has 2 aromatic rings. The fourth-order valence-electron chi connectivity index (χ4n) is 4.23. The number of nitrogens with zero attached hydrogens (tertiary/aromatic N) is 2. The van der Waals surface area contributed by atoms with Crippen molar-refractivity contribution in [2.75, 3.05) is 44.3 Å². The van der Waals surface area contributed by atoms with Gasteiger partial charge in [0.1, 0.15) is 5.75 Å². The Morgan fingerprint density at radius 2 is 1.74 bits per heavy atom. The maximum atomic E-state index is 13.2. The number of Topliss-reactive ketones (excluding diaryl/α,β-unsaturated/α-hetero) is 1. The summed E-state index contributed by atoms with van der Waals surface area (Å²) in [7, 11) is 0. The Balaban J connectivity index is 1.69. The van der Waals surface area contributed by atoms with Crippen molar-refractivity contribution in [2.45, 2.75) is 40.7 Å². The molecule has 1 atom stereocenters. The molecule has 168 valence electrons. The van der Waals surface area contributed by atoms with Gasteiger partial charge in [0.2, 0.25) is 0 Å². The van der Waals surface area contributed by atoms with Gasteiger partial charge in [0.15, 0.2) is 5.78 Å². The maximum Gasteiger partial charge on any atom is 0.340 e. The topological polar surface area (TPSA) is 74.9 Å². The third-order valence-electron chi connectivity index (χ3n) is 5.91. The van der Waals surface area contributed by atoms with Crippen LogP contribution in [0.3, 0.4) is 0 Å². The zero-order valence-corrected chi connectivity index (χ0v) is 19.2. The van der Waals surface area contributed by atoms with Gasteiger partial charge in [-0.05, 0) is 52.3 Å². The smallest absolute Gasteiger partial charge is 0.340 e. The molecule has 1 fully saturated rings. The summed E-state index contributed by atoms with van der Waals surface area (Å²) in [5.74, 6) is 0.507. The molecular formula is C24H33N3O4. The number of para-hydroxylation sites is 2. The second kappa shape index (κ2) is 10.0. The Bertz CT molecular complexity index is 929. The molecule has 1 aliphatic rings. The molecular weight excluding hydrogens is 394 g/mol. The number of ether oxygens (including phenoxy) is 2. The molecule has 7 nitrogen and oxygen atoms in total. The number of aromatic amines is 1. The van der Waals surface area contributed by atoms with Crippen molar-refractivity contribution < 1.29 is 19.1 Å². The predicted molar refractivity (Wildman–Crippen MR) is 121 cm³/mol. The van der Waals surface area contributed by atoms with E-state index >= 15 is 0 Å². The van der Waals surface area contributed by atoms with Gasteiger partial charge < -0.3 is 19.4 Å². The molecule has 1 aliphatic heterocycles. The molecule has 0 aliphatic carbocycles. The molecule has 2 heterocycles. The molecule has 1 saturated heterocycles. The standard InChI is InChI=1S/C24H33N3O4/c1-6-30-20-11-9-8-10-19(20)27-14-12-26(13-15-27)18(5)23(28)22-16(3)21(17(4)25-22)24(29)31-7-2/h8-11,18,25H,6-7,12-15H2,1-5H3/t18-/m1/s1. The molecule has 0 spiro atoms. The number of hydrogen-bond acceptors (Lipinski definition) is 6. The SMILES string of the molecule is CCOC(=O)c1c(C)[nH]c(C(=O)[C@@H](C)N2CCN(c3ccccc3OCC)CC2)c1C. The zero-order chi connectivity index (χ0) is 22.5. The van der Waals surface area contributed by atoms with E-state index in [1.54, 1.807) is 20.8 Å². The first-order valence-electron chi connectivity index (χ1n) is 11.0. The van der Waals surface area contributed by atoms with Gasteiger partial charge in [0.25, 0.3) is 0 Å². The third-order valence-corrected chi connectivity index (χ3v) is 5.91. The van der Waals surface area contributed by atoms with E-state index in [0.29, 0.717) is 35.7 Å². The zero-order valence-electron chi connectivity index (χ0n) is 19.2. The molecule has 1 aromatic carbocycles. The Kier molecular flexibility index (Phi) is 7.38. The average Bonchev–Trinajstić information content (AvgIpc) is 3.07. The van der Waals surface area contributed by atoms with Crippen LogP contribution in [0.15, 0.2) is 24.3 Å². The number of hydrogen-bond donors (Lipinski definition) is 1. The van der Waals surface area contributed by atoms with Crippen LogP contribution in [0.5, 0.6) is 5.75 Å². The van der Waals surface area contributed by atoms with Crippen LogP contribution in [0.4, 0.5) is 5.69 Å². The van der Waals surface area contributed by atoms with Gasteiger partial charge in [-0.3, -0.25) is 9.69 Å². The molecule has 0 unspecified atom stereocenters. The highest BCUT2D eigenvalue weighted by molar-refractivity contribution is 6.03. The number of aromatic nitrogens is 1. The number of carbonyl (C=O) groups is 2. The molecule has 0 bridgehead atoms. The van der Waals surface area contributed by atoms with Gasteiger partial charge in [0.05, 0.1) is 36.2 Å². The number of H-pyrrole nitrogens is 1. The van der Waals surface area contributed by atoms with E-state index in [9.17, 15) is 9.59 Å². The summed E-state index contributed by atoms with van der Waals surface area (Å²) in [5, 5.41) is 0. The molecule has 31 heavy (non-hydrogen) atoms. The molecule has 0 radical (unpaired) electrons. The van der Waals surface area contributed by atoms with Crippen molar-refractivity contribution in [1.29, 1.82) is 0 Å². The summed E-state index contributed by atoms with van der Waals surface area (Å²) in [6, 6.07) is 7.80. The quantitative estimate of drug-likeness (QED) is 0.513. The lowest BCUT2D eigenvalue weighted by molar-refractivity contribution is 0.0525. The van der Waals surface area contributed by atoms with Crippen molar-refractivity contribution >= 4 is 17.4 Å². The van der Waals surface area contributed by atoms with E-state index in [4.69, 9.17) is 9.47 Å². The van der Waals surface area contributed by atoms with E-state index in [2.05, 4.69) is 20.9 Å². The van der Waals surface area contributed by atoms with Crippen LogP contribution >= 0.6 is 0 Å². The first-order valence-corrected chi connectivity index (χ1v) is 11.0. The average molecular weight is 428 g/mol.